The molecule has 0 bridgehead atoms. The third-order valence-electron chi connectivity index (χ3n) is 6.61. The molecule has 0 aliphatic rings. The predicted molar refractivity (Wildman–Crippen MR) is 154 cm³/mol. The van der Waals surface area contributed by atoms with Crippen molar-refractivity contribution in [2.24, 2.45) is 0 Å². The van der Waals surface area contributed by atoms with Gasteiger partial charge in [0, 0.05) is 31.3 Å². The molecule has 0 aliphatic heterocycles. The van der Waals surface area contributed by atoms with Crippen molar-refractivity contribution in [2.75, 3.05) is 0 Å². The molecule has 0 amide bonds. The molecule has 7 aromatic rings. The summed E-state index contributed by atoms with van der Waals surface area (Å²) in [7, 11) is 12.9. The van der Waals surface area contributed by atoms with E-state index in [1.54, 1.807) is 22.7 Å². The normalized spacial score (nSPS) is 11.8. The lowest BCUT2D eigenvalue weighted by atomic mass is 9.89. The summed E-state index contributed by atoms with van der Waals surface area (Å²) in [6.45, 7) is 0. The number of thiophene rings is 2. The summed E-state index contributed by atoms with van der Waals surface area (Å²) < 4.78 is 4.07. The summed E-state index contributed by atoms with van der Waals surface area (Å²) in [5.41, 5.74) is 4.88. The molecule has 4 heteroatoms. The fraction of sp³-hybridized carbons (Fsp3) is 0. The van der Waals surface area contributed by atoms with E-state index < -0.39 is 0 Å². The summed E-state index contributed by atoms with van der Waals surface area (Å²) >= 11 is 3.32. The molecule has 2 heterocycles. The first kappa shape index (κ1) is 20.1. The highest BCUT2D eigenvalue weighted by Gasteiger charge is 2.22. The van der Waals surface area contributed by atoms with Gasteiger partial charge in [0.15, 0.2) is 0 Å². The van der Waals surface area contributed by atoms with Crippen LogP contribution in [0.2, 0.25) is 0 Å². The molecule has 0 fully saturated rings. The second kappa shape index (κ2) is 7.59. The van der Waals surface area contributed by atoms with Gasteiger partial charge in [0.2, 0.25) is 0 Å². The molecule has 34 heavy (non-hydrogen) atoms. The van der Waals surface area contributed by atoms with Crippen LogP contribution in [0.3, 0.4) is 0 Å². The molecule has 5 aromatic carbocycles. The average molecular weight is 462 g/mol. The van der Waals surface area contributed by atoms with Crippen LogP contribution in [0.4, 0.5) is 0 Å². The first-order valence-corrected chi connectivity index (χ1v) is 12.8. The van der Waals surface area contributed by atoms with Crippen molar-refractivity contribution in [3.8, 4) is 22.3 Å². The molecular weight excluding hydrogens is 446 g/mol. The van der Waals surface area contributed by atoms with Gasteiger partial charge in [-0.2, -0.15) is 22.7 Å². The summed E-state index contributed by atoms with van der Waals surface area (Å²) in [6.07, 6.45) is 0. The lowest BCUT2D eigenvalue weighted by molar-refractivity contribution is 1.72. The van der Waals surface area contributed by atoms with E-state index in [2.05, 4.69) is 97.1 Å². The number of rotatable bonds is 2. The van der Waals surface area contributed by atoms with Crippen LogP contribution in [0, 0.1) is 0 Å². The fourth-order valence-corrected chi connectivity index (χ4v) is 7.24. The van der Waals surface area contributed by atoms with E-state index in [0.29, 0.717) is 0 Å². The zero-order chi connectivity index (χ0) is 22.8. The Bertz CT molecular complexity index is 1690. The van der Waals surface area contributed by atoms with E-state index in [1.165, 1.54) is 64.0 Å². The number of hydrogen-bond acceptors (Lipinski definition) is 2. The minimum atomic E-state index is 0.823. The van der Waals surface area contributed by atoms with Crippen LogP contribution in [0.5, 0.6) is 0 Å². The van der Waals surface area contributed by atoms with Crippen LogP contribution >= 0.6 is 22.7 Å². The summed E-state index contributed by atoms with van der Waals surface area (Å²) in [5, 5.41) is 7.32. The van der Waals surface area contributed by atoms with Gasteiger partial charge < -0.3 is 0 Å². The Hall–Kier alpha value is -3.33. The standard InChI is InChI=1S/C30H16B2S2/c31-25-15-23-27(21-13-5-9-17-7-1-3-11-19(17)21)29-24(16-26(32)33-29)28(30(23)34-25)22-14-6-10-18-8-2-4-12-20(18)22/h1-16H. The molecule has 0 atom stereocenters. The first-order valence-electron chi connectivity index (χ1n) is 11.2. The molecule has 0 spiro atoms. The lowest BCUT2D eigenvalue weighted by Crippen LogP contribution is -1.90. The summed E-state index contributed by atoms with van der Waals surface area (Å²) in [4.78, 5) is 0. The average Bonchev–Trinajstić information content (AvgIpc) is 3.43. The van der Waals surface area contributed by atoms with Crippen LogP contribution < -0.4 is 9.55 Å². The highest BCUT2D eigenvalue weighted by molar-refractivity contribution is 7.28. The van der Waals surface area contributed by atoms with Crippen molar-refractivity contribution >= 4 is 89.6 Å². The number of benzene rings is 5. The molecule has 154 valence electrons. The molecule has 0 saturated carbocycles. The van der Waals surface area contributed by atoms with E-state index in [9.17, 15) is 0 Å². The van der Waals surface area contributed by atoms with Crippen LogP contribution in [0.25, 0.3) is 64.0 Å². The van der Waals surface area contributed by atoms with Crippen LogP contribution in [0.15, 0.2) is 97.1 Å². The Balaban J connectivity index is 1.70. The molecule has 2 aromatic heterocycles. The second-order valence-electron chi connectivity index (χ2n) is 8.59. The summed E-state index contributed by atoms with van der Waals surface area (Å²) in [5.74, 6) is 0. The molecule has 0 N–H and O–H groups in total. The Morgan fingerprint density at radius 2 is 0.853 bits per heavy atom. The Morgan fingerprint density at radius 3 is 1.32 bits per heavy atom. The van der Waals surface area contributed by atoms with Crippen molar-refractivity contribution in [2.45, 2.75) is 0 Å². The smallest absolute Gasteiger partial charge is 0.128 e. The van der Waals surface area contributed by atoms with Gasteiger partial charge in [-0.1, -0.05) is 97.1 Å². The van der Waals surface area contributed by atoms with Gasteiger partial charge in [0.25, 0.3) is 0 Å². The minimum Gasteiger partial charge on any atom is -0.151 e. The molecule has 0 unspecified atom stereocenters. The number of fused-ring (bicyclic) bond motifs is 4. The highest BCUT2D eigenvalue weighted by atomic mass is 32.1. The van der Waals surface area contributed by atoms with Crippen molar-refractivity contribution in [1.82, 2.24) is 0 Å². The molecular formula is C30H16B2S2. The quantitative estimate of drug-likeness (QED) is 0.236. The molecule has 0 nitrogen and oxygen atoms in total. The molecule has 0 aliphatic carbocycles. The minimum absolute atomic E-state index is 0.823. The largest absolute Gasteiger partial charge is 0.151 e. The number of hydrogen-bond donors (Lipinski definition) is 0. The van der Waals surface area contributed by atoms with Crippen molar-refractivity contribution in [3.05, 3.63) is 97.1 Å². The maximum absolute atomic E-state index is 6.47. The van der Waals surface area contributed by atoms with E-state index >= 15 is 0 Å². The van der Waals surface area contributed by atoms with Crippen molar-refractivity contribution in [1.29, 1.82) is 0 Å². The maximum atomic E-state index is 6.47. The van der Waals surface area contributed by atoms with Gasteiger partial charge in [-0.15, -0.1) is 0 Å². The van der Waals surface area contributed by atoms with E-state index in [-0.39, 0.29) is 0 Å². The van der Waals surface area contributed by atoms with E-state index in [0.717, 1.165) is 9.55 Å². The maximum Gasteiger partial charge on any atom is 0.128 e. The fourth-order valence-electron chi connectivity index (χ4n) is 5.23. The van der Waals surface area contributed by atoms with Gasteiger partial charge in [0.1, 0.15) is 15.7 Å². The lowest BCUT2D eigenvalue weighted by Gasteiger charge is -2.15. The zero-order valence-electron chi connectivity index (χ0n) is 18.2. The Kier molecular flexibility index (Phi) is 4.48. The highest BCUT2D eigenvalue weighted by Crippen LogP contribution is 2.48. The van der Waals surface area contributed by atoms with Crippen molar-refractivity contribution < 1.29 is 0 Å². The molecule has 7 rings (SSSR count). The molecule has 4 radical (unpaired) electrons. The topological polar surface area (TPSA) is 0 Å². The second-order valence-corrected chi connectivity index (χ2v) is 10.8. The van der Waals surface area contributed by atoms with Gasteiger partial charge in [-0.25, -0.2) is 0 Å². The third kappa shape index (κ3) is 2.92. The monoisotopic (exact) mass is 462 g/mol. The summed E-state index contributed by atoms with van der Waals surface area (Å²) in [6, 6.07) is 34.5. The Labute approximate surface area is 208 Å². The van der Waals surface area contributed by atoms with Gasteiger partial charge in [0.05, 0.1) is 0 Å². The third-order valence-corrected chi connectivity index (χ3v) is 8.58. The molecule has 0 saturated heterocycles. The first-order chi connectivity index (χ1) is 16.7. The van der Waals surface area contributed by atoms with Crippen molar-refractivity contribution in [3.63, 3.8) is 0 Å². The van der Waals surface area contributed by atoms with Crippen LogP contribution in [-0.4, -0.2) is 15.7 Å². The van der Waals surface area contributed by atoms with Gasteiger partial charge in [-0.05, 0) is 42.2 Å². The Morgan fingerprint density at radius 1 is 0.441 bits per heavy atom. The van der Waals surface area contributed by atoms with E-state index in [4.69, 9.17) is 15.7 Å². The zero-order valence-corrected chi connectivity index (χ0v) is 19.8. The van der Waals surface area contributed by atoms with Gasteiger partial charge in [-0.3, -0.25) is 0 Å². The van der Waals surface area contributed by atoms with E-state index in [1.807, 2.05) is 0 Å². The van der Waals surface area contributed by atoms with Crippen LogP contribution in [-0.2, 0) is 0 Å². The SMILES string of the molecule is [B]c1cc2c(-c3cccc4ccccc34)c3sc([B])cc3c(-c3cccc4ccccc34)c2s1. The predicted octanol–water partition coefficient (Wildman–Crippen LogP) is 7.34. The van der Waals surface area contributed by atoms with Gasteiger partial charge >= 0.3 is 0 Å². The van der Waals surface area contributed by atoms with Crippen LogP contribution in [0.1, 0.15) is 0 Å².